The van der Waals surface area contributed by atoms with Crippen LogP contribution < -0.4 is 10.2 Å². The van der Waals surface area contributed by atoms with Crippen LogP contribution in [0.1, 0.15) is 36.5 Å². The molecule has 0 radical (unpaired) electrons. The Bertz CT molecular complexity index is 676. The quantitative estimate of drug-likeness (QED) is 0.903. The average Bonchev–Trinajstić information content (AvgIpc) is 2.89. The molecular formula is C19H27N5O. The van der Waals surface area contributed by atoms with Gasteiger partial charge in [0.1, 0.15) is 11.6 Å². The van der Waals surface area contributed by atoms with E-state index in [9.17, 15) is 0 Å². The van der Waals surface area contributed by atoms with Crippen molar-refractivity contribution in [2.45, 2.75) is 45.3 Å². The molecule has 25 heavy (non-hydrogen) atoms. The summed E-state index contributed by atoms with van der Waals surface area (Å²) in [5.41, 5.74) is 2.59. The van der Waals surface area contributed by atoms with Crippen LogP contribution in [0.2, 0.25) is 0 Å². The Balaban J connectivity index is 1.31. The molecule has 0 saturated carbocycles. The van der Waals surface area contributed by atoms with E-state index < -0.39 is 0 Å². The number of nitrogens with one attached hydrogen (secondary N) is 1. The lowest BCUT2D eigenvalue weighted by Gasteiger charge is -2.28. The molecular weight excluding hydrogens is 314 g/mol. The Labute approximate surface area is 149 Å². The second-order valence-corrected chi connectivity index (χ2v) is 6.86. The van der Waals surface area contributed by atoms with E-state index in [-0.39, 0.29) is 0 Å². The molecule has 0 aliphatic carbocycles. The number of morpholine rings is 1. The molecule has 0 unspecified atom stereocenters. The molecule has 1 saturated heterocycles. The van der Waals surface area contributed by atoms with Crippen LogP contribution in [0.25, 0.3) is 0 Å². The van der Waals surface area contributed by atoms with Gasteiger partial charge in [0.2, 0.25) is 0 Å². The fraction of sp³-hybridized carbons (Fsp3) is 0.579. The normalized spacial score (nSPS) is 18.0. The van der Waals surface area contributed by atoms with Crippen LogP contribution in [0.5, 0.6) is 0 Å². The first kappa shape index (κ1) is 16.5. The van der Waals surface area contributed by atoms with Gasteiger partial charge in [-0.15, -0.1) is 10.2 Å². The van der Waals surface area contributed by atoms with Gasteiger partial charge in [-0.25, -0.2) is 0 Å². The Morgan fingerprint density at radius 2 is 1.76 bits per heavy atom. The number of hydrogen-bond donors (Lipinski definition) is 1. The fourth-order valence-corrected chi connectivity index (χ4v) is 3.64. The number of rotatable bonds is 5. The Morgan fingerprint density at radius 3 is 2.60 bits per heavy atom. The second-order valence-electron chi connectivity index (χ2n) is 6.86. The summed E-state index contributed by atoms with van der Waals surface area (Å²) in [5, 5.41) is 12.3. The lowest BCUT2D eigenvalue weighted by Crippen LogP contribution is -2.36. The van der Waals surface area contributed by atoms with Crippen molar-refractivity contribution in [3.63, 3.8) is 0 Å². The van der Waals surface area contributed by atoms with Crippen molar-refractivity contribution in [3.8, 4) is 0 Å². The lowest BCUT2D eigenvalue weighted by molar-refractivity contribution is 0.122. The van der Waals surface area contributed by atoms with E-state index in [0.29, 0.717) is 0 Å². The van der Waals surface area contributed by atoms with E-state index in [4.69, 9.17) is 4.74 Å². The first-order valence-corrected chi connectivity index (χ1v) is 9.43. The van der Waals surface area contributed by atoms with Gasteiger partial charge in [0.05, 0.1) is 19.8 Å². The molecule has 0 spiro atoms. The van der Waals surface area contributed by atoms with Gasteiger partial charge in [-0.1, -0.05) is 18.6 Å². The minimum atomic E-state index is 0.776. The Morgan fingerprint density at radius 1 is 0.920 bits per heavy atom. The smallest absolute Gasteiger partial charge is 0.147 e. The number of hydrogen-bond acceptors (Lipinski definition) is 5. The topological polar surface area (TPSA) is 55.2 Å². The van der Waals surface area contributed by atoms with Gasteiger partial charge in [0.25, 0.3) is 0 Å². The van der Waals surface area contributed by atoms with Crippen molar-refractivity contribution in [1.82, 2.24) is 20.1 Å². The summed E-state index contributed by atoms with van der Waals surface area (Å²) in [6, 6.07) is 8.85. The van der Waals surface area contributed by atoms with Gasteiger partial charge in [0, 0.05) is 38.3 Å². The molecule has 2 aliphatic heterocycles. The molecule has 4 rings (SSSR count). The molecule has 6 nitrogen and oxygen atoms in total. The van der Waals surface area contributed by atoms with Crippen molar-refractivity contribution in [2.24, 2.45) is 0 Å². The first-order valence-electron chi connectivity index (χ1n) is 9.43. The van der Waals surface area contributed by atoms with Crippen LogP contribution >= 0.6 is 0 Å². The van der Waals surface area contributed by atoms with Crippen molar-refractivity contribution in [3.05, 3.63) is 41.5 Å². The zero-order valence-electron chi connectivity index (χ0n) is 14.8. The third kappa shape index (κ3) is 4.02. The molecule has 1 aromatic carbocycles. The van der Waals surface area contributed by atoms with Gasteiger partial charge in [-0.05, 0) is 30.5 Å². The molecule has 0 bridgehead atoms. The largest absolute Gasteiger partial charge is 0.378 e. The molecule has 134 valence electrons. The van der Waals surface area contributed by atoms with Gasteiger partial charge in [-0.2, -0.15) is 0 Å². The summed E-state index contributed by atoms with van der Waals surface area (Å²) in [6.07, 6.45) is 4.84. The zero-order chi connectivity index (χ0) is 16.9. The molecule has 0 amide bonds. The monoisotopic (exact) mass is 341 g/mol. The number of benzene rings is 1. The highest BCUT2D eigenvalue weighted by Crippen LogP contribution is 2.17. The predicted octanol–water partition coefficient (Wildman–Crippen LogP) is 2.13. The predicted molar refractivity (Wildman–Crippen MR) is 97.6 cm³/mol. The van der Waals surface area contributed by atoms with Crippen molar-refractivity contribution in [2.75, 3.05) is 31.2 Å². The average molecular weight is 341 g/mol. The number of anilines is 1. The SMILES string of the molecule is c1cc(N2CCOCC2)ccc1CNCc1nnc2n1CCCCC2. The number of fused-ring (bicyclic) bond motifs is 1. The van der Waals surface area contributed by atoms with E-state index in [0.717, 1.165) is 64.0 Å². The van der Waals surface area contributed by atoms with Gasteiger partial charge >= 0.3 is 0 Å². The summed E-state index contributed by atoms with van der Waals surface area (Å²) in [5.74, 6) is 2.23. The second kappa shape index (κ2) is 7.97. The van der Waals surface area contributed by atoms with Crippen LogP contribution in [0.3, 0.4) is 0 Å². The van der Waals surface area contributed by atoms with Crippen molar-refractivity contribution >= 4 is 5.69 Å². The van der Waals surface area contributed by atoms with Crippen LogP contribution in [-0.2, 0) is 30.8 Å². The standard InChI is InChI=1S/C19H27N5O/c1-2-4-18-21-22-19(24(18)9-3-1)15-20-14-16-5-7-17(8-6-16)23-10-12-25-13-11-23/h5-8,20H,1-4,9-15H2. The van der Waals surface area contributed by atoms with Crippen molar-refractivity contribution < 1.29 is 4.74 Å². The van der Waals surface area contributed by atoms with E-state index in [1.54, 1.807) is 0 Å². The summed E-state index contributed by atoms with van der Waals surface area (Å²) in [7, 11) is 0. The highest BCUT2D eigenvalue weighted by atomic mass is 16.5. The summed E-state index contributed by atoms with van der Waals surface area (Å²) >= 11 is 0. The first-order chi connectivity index (χ1) is 12.4. The lowest BCUT2D eigenvalue weighted by atomic mass is 10.2. The highest BCUT2D eigenvalue weighted by Gasteiger charge is 2.14. The summed E-state index contributed by atoms with van der Waals surface area (Å²) < 4.78 is 7.72. The molecule has 2 aliphatic rings. The van der Waals surface area contributed by atoms with E-state index >= 15 is 0 Å². The number of aryl methyl sites for hydroxylation is 1. The Kier molecular flexibility index (Phi) is 5.28. The van der Waals surface area contributed by atoms with E-state index in [2.05, 4.69) is 49.2 Å². The number of ether oxygens (including phenoxy) is 1. The Hall–Kier alpha value is -1.92. The minimum absolute atomic E-state index is 0.776. The maximum absolute atomic E-state index is 5.42. The summed E-state index contributed by atoms with van der Waals surface area (Å²) in [6.45, 7) is 6.31. The van der Waals surface area contributed by atoms with Crippen LogP contribution in [0, 0.1) is 0 Å². The van der Waals surface area contributed by atoms with Gasteiger partial charge in [-0.3, -0.25) is 0 Å². The highest BCUT2D eigenvalue weighted by molar-refractivity contribution is 5.47. The molecule has 3 heterocycles. The molecule has 6 heteroatoms. The van der Waals surface area contributed by atoms with E-state index in [1.807, 2.05) is 0 Å². The van der Waals surface area contributed by atoms with Crippen molar-refractivity contribution in [1.29, 1.82) is 0 Å². The van der Waals surface area contributed by atoms with Gasteiger partial charge in [0.15, 0.2) is 0 Å². The number of aromatic nitrogens is 3. The van der Waals surface area contributed by atoms with Crippen LogP contribution in [0.4, 0.5) is 5.69 Å². The molecule has 1 aromatic heterocycles. The minimum Gasteiger partial charge on any atom is -0.378 e. The maximum Gasteiger partial charge on any atom is 0.147 e. The maximum atomic E-state index is 5.42. The fourth-order valence-electron chi connectivity index (χ4n) is 3.64. The molecule has 2 aromatic rings. The molecule has 0 atom stereocenters. The zero-order valence-corrected chi connectivity index (χ0v) is 14.8. The van der Waals surface area contributed by atoms with Crippen LogP contribution in [0.15, 0.2) is 24.3 Å². The molecule has 1 N–H and O–H groups in total. The van der Waals surface area contributed by atoms with Gasteiger partial charge < -0.3 is 19.5 Å². The summed E-state index contributed by atoms with van der Waals surface area (Å²) in [4.78, 5) is 2.38. The third-order valence-corrected chi connectivity index (χ3v) is 5.11. The van der Waals surface area contributed by atoms with Crippen LogP contribution in [-0.4, -0.2) is 41.1 Å². The van der Waals surface area contributed by atoms with E-state index in [1.165, 1.54) is 30.5 Å². The number of nitrogens with zero attached hydrogens (tertiary/aromatic N) is 4. The third-order valence-electron chi connectivity index (χ3n) is 5.11. The molecule has 1 fully saturated rings.